The molecule has 0 bridgehead atoms. The fourth-order valence-corrected chi connectivity index (χ4v) is 2.38. The van der Waals surface area contributed by atoms with E-state index in [4.69, 9.17) is 4.74 Å². The van der Waals surface area contributed by atoms with Gasteiger partial charge in [0, 0.05) is 31.0 Å². The van der Waals surface area contributed by atoms with E-state index in [0.29, 0.717) is 30.2 Å². The SMILES string of the molecule is COc1ccccc1-c1cc(C(=O)NCCNc2cccnc2)[nH]n1. The maximum Gasteiger partial charge on any atom is 0.269 e. The number of anilines is 1. The van der Waals surface area contributed by atoms with Crippen molar-refractivity contribution >= 4 is 11.6 Å². The lowest BCUT2D eigenvalue weighted by Crippen LogP contribution is -2.29. The van der Waals surface area contributed by atoms with Gasteiger partial charge in [-0.3, -0.25) is 14.9 Å². The molecule has 0 unspecified atom stereocenters. The van der Waals surface area contributed by atoms with Crippen molar-refractivity contribution in [1.82, 2.24) is 20.5 Å². The van der Waals surface area contributed by atoms with Crippen LogP contribution in [0.3, 0.4) is 0 Å². The number of aromatic nitrogens is 3. The number of carbonyl (C=O) groups is 1. The van der Waals surface area contributed by atoms with Crippen molar-refractivity contribution in [3.63, 3.8) is 0 Å². The topological polar surface area (TPSA) is 91.9 Å². The van der Waals surface area contributed by atoms with Crippen molar-refractivity contribution in [3.05, 3.63) is 60.6 Å². The predicted octanol–water partition coefficient (Wildman–Crippen LogP) is 2.32. The minimum Gasteiger partial charge on any atom is -0.496 e. The summed E-state index contributed by atoms with van der Waals surface area (Å²) >= 11 is 0. The number of aromatic amines is 1. The lowest BCUT2D eigenvalue weighted by molar-refractivity contribution is 0.0950. The van der Waals surface area contributed by atoms with Crippen LogP contribution in [-0.2, 0) is 0 Å². The Balaban J connectivity index is 1.56. The van der Waals surface area contributed by atoms with Crippen LogP contribution in [0.1, 0.15) is 10.5 Å². The normalized spacial score (nSPS) is 10.3. The first-order valence-corrected chi connectivity index (χ1v) is 7.89. The highest BCUT2D eigenvalue weighted by molar-refractivity contribution is 5.93. The zero-order valence-corrected chi connectivity index (χ0v) is 13.8. The number of nitrogens with zero attached hydrogens (tertiary/aromatic N) is 2. The van der Waals surface area contributed by atoms with Gasteiger partial charge in [0.15, 0.2) is 0 Å². The molecule has 1 amide bonds. The Labute approximate surface area is 145 Å². The second-order valence-electron chi connectivity index (χ2n) is 5.29. The third-order valence-corrected chi connectivity index (χ3v) is 3.61. The number of pyridine rings is 1. The van der Waals surface area contributed by atoms with Crippen molar-refractivity contribution in [3.8, 4) is 17.0 Å². The van der Waals surface area contributed by atoms with Gasteiger partial charge in [-0.2, -0.15) is 5.10 Å². The van der Waals surface area contributed by atoms with Gasteiger partial charge in [0.05, 0.1) is 18.5 Å². The van der Waals surface area contributed by atoms with Crippen molar-refractivity contribution in [2.45, 2.75) is 0 Å². The number of methoxy groups -OCH3 is 1. The van der Waals surface area contributed by atoms with Gasteiger partial charge < -0.3 is 15.4 Å². The maximum absolute atomic E-state index is 12.2. The van der Waals surface area contributed by atoms with Crippen molar-refractivity contribution in [2.75, 3.05) is 25.5 Å². The summed E-state index contributed by atoms with van der Waals surface area (Å²) in [7, 11) is 1.61. The molecule has 25 heavy (non-hydrogen) atoms. The van der Waals surface area contributed by atoms with Crippen LogP contribution < -0.4 is 15.4 Å². The monoisotopic (exact) mass is 337 g/mol. The first-order chi connectivity index (χ1) is 12.3. The standard InChI is InChI=1S/C18H19N5O2/c1-25-17-7-3-2-6-14(17)15-11-16(23-22-15)18(24)21-10-9-20-13-5-4-8-19-12-13/h2-8,11-12,20H,9-10H2,1H3,(H,21,24)(H,22,23). The number of nitrogens with one attached hydrogen (secondary N) is 3. The van der Waals surface area contributed by atoms with Crippen LogP contribution in [0.2, 0.25) is 0 Å². The highest BCUT2D eigenvalue weighted by atomic mass is 16.5. The lowest BCUT2D eigenvalue weighted by atomic mass is 10.1. The molecular weight excluding hydrogens is 318 g/mol. The van der Waals surface area contributed by atoms with E-state index in [9.17, 15) is 4.79 Å². The van der Waals surface area contributed by atoms with Gasteiger partial charge in [0.25, 0.3) is 5.91 Å². The summed E-state index contributed by atoms with van der Waals surface area (Å²) in [4.78, 5) is 16.2. The van der Waals surface area contributed by atoms with Gasteiger partial charge in [0.1, 0.15) is 11.4 Å². The minimum atomic E-state index is -0.207. The molecule has 0 aliphatic heterocycles. The zero-order chi connectivity index (χ0) is 17.5. The van der Waals surface area contributed by atoms with Crippen LogP contribution in [0.5, 0.6) is 5.75 Å². The second-order valence-corrected chi connectivity index (χ2v) is 5.29. The molecule has 3 N–H and O–H groups in total. The van der Waals surface area contributed by atoms with Crippen LogP contribution in [-0.4, -0.2) is 41.3 Å². The van der Waals surface area contributed by atoms with Crippen molar-refractivity contribution < 1.29 is 9.53 Å². The predicted molar refractivity (Wildman–Crippen MR) is 95.6 cm³/mol. The molecule has 3 rings (SSSR count). The number of H-pyrrole nitrogens is 1. The number of para-hydroxylation sites is 1. The quantitative estimate of drug-likeness (QED) is 0.576. The van der Waals surface area contributed by atoms with Gasteiger partial charge >= 0.3 is 0 Å². The van der Waals surface area contributed by atoms with E-state index in [1.165, 1.54) is 0 Å². The number of amides is 1. The summed E-state index contributed by atoms with van der Waals surface area (Å²) in [6.07, 6.45) is 3.45. The molecule has 0 fully saturated rings. The highest BCUT2D eigenvalue weighted by Gasteiger charge is 2.13. The second kappa shape index (κ2) is 7.96. The van der Waals surface area contributed by atoms with Crippen LogP contribution in [0, 0.1) is 0 Å². The van der Waals surface area contributed by atoms with E-state index in [0.717, 1.165) is 11.3 Å². The van der Waals surface area contributed by atoms with E-state index in [2.05, 4.69) is 25.8 Å². The van der Waals surface area contributed by atoms with Crippen molar-refractivity contribution in [2.24, 2.45) is 0 Å². The Morgan fingerprint density at radius 2 is 2.08 bits per heavy atom. The molecule has 1 aromatic carbocycles. The number of ether oxygens (including phenoxy) is 1. The van der Waals surface area contributed by atoms with E-state index < -0.39 is 0 Å². The highest BCUT2D eigenvalue weighted by Crippen LogP contribution is 2.28. The van der Waals surface area contributed by atoms with Gasteiger partial charge in [0.2, 0.25) is 0 Å². The van der Waals surface area contributed by atoms with E-state index >= 15 is 0 Å². The van der Waals surface area contributed by atoms with E-state index in [1.54, 1.807) is 25.6 Å². The zero-order valence-electron chi connectivity index (χ0n) is 13.8. The summed E-state index contributed by atoms with van der Waals surface area (Å²) in [6.45, 7) is 1.08. The molecule has 7 nitrogen and oxygen atoms in total. The van der Waals surface area contributed by atoms with Crippen LogP contribution in [0.15, 0.2) is 54.9 Å². The average molecular weight is 337 g/mol. The molecule has 3 aromatic rings. The summed E-state index contributed by atoms with van der Waals surface area (Å²) < 4.78 is 5.32. The molecule has 0 saturated carbocycles. The fourth-order valence-electron chi connectivity index (χ4n) is 2.38. The number of hydrogen-bond donors (Lipinski definition) is 3. The summed E-state index contributed by atoms with van der Waals surface area (Å²) in [5, 5.41) is 13.0. The van der Waals surface area contributed by atoms with Gasteiger partial charge in [-0.25, -0.2) is 0 Å². The molecule has 0 spiro atoms. The summed E-state index contributed by atoms with van der Waals surface area (Å²) in [5.41, 5.74) is 2.81. The van der Waals surface area contributed by atoms with Gasteiger partial charge in [-0.15, -0.1) is 0 Å². The Morgan fingerprint density at radius 3 is 2.88 bits per heavy atom. The summed E-state index contributed by atoms with van der Waals surface area (Å²) in [6, 6.07) is 13.0. The molecule has 128 valence electrons. The summed E-state index contributed by atoms with van der Waals surface area (Å²) in [5.74, 6) is 0.503. The van der Waals surface area contributed by atoms with Crippen LogP contribution in [0.25, 0.3) is 11.3 Å². The first-order valence-electron chi connectivity index (χ1n) is 7.89. The third kappa shape index (κ3) is 4.14. The average Bonchev–Trinajstić information content (AvgIpc) is 3.16. The van der Waals surface area contributed by atoms with Gasteiger partial charge in [-0.1, -0.05) is 12.1 Å². The largest absolute Gasteiger partial charge is 0.496 e. The number of rotatable bonds is 7. The maximum atomic E-state index is 12.2. The van der Waals surface area contributed by atoms with Crippen molar-refractivity contribution in [1.29, 1.82) is 0 Å². The van der Waals surface area contributed by atoms with E-state index in [1.807, 2.05) is 36.4 Å². The number of hydrogen-bond acceptors (Lipinski definition) is 5. The molecule has 2 aromatic heterocycles. The van der Waals surface area contributed by atoms with Crippen LogP contribution in [0.4, 0.5) is 5.69 Å². The molecular formula is C18H19N5O2. The Hall–Kier alpha value is -3.35. The molecule has 7 heteroatoms. The lowest BCUT2D eigenvalue weighted by Gasteiger charge is -2.06. The molecule has 0 radical (unpaired) electrons. The number of benzene rings is 1. The Kier molecular flexibility index (Phi) is 5.26. The number of carbonyl (C=O) groups excluding carboxylic acids is 1. The molecule has 2 heterocycles. The Bertz CT molecular complexity index is 832. The fraction of sp³-hybridized carbons (Fsp3) is 0.167. The minimum absolute atomic E-state index is 0.207. The Morgan fingerprint density at radius 1 is 1.20 bits per heavy atom. The molecule has 0 atom stereocenters. The molecule has 0 saturated heterocycles. The first kappa shape index (κ1) is 16.5. The molecule has 0 aliphatic rings. The smallest absolute Gasteiger partial charge is 0.269 e. The van der Waals surface area contributed by atoms with E-state index in [-0.39, 0.29) is 5.91 Å². The third-order valence-electron chi connectivity index (χ3n) is 3.61. The van der Waals surface area contributed by atoms with Gasteiger partial charge in [-0.05, 0) is 30.3 Å². The van der Waals surface area contributed by atoms with Crippen LogP contribution >= 0.6 is 0 Å². The molecule has 0 aliphatic carbocycles.